The van der Waals surface area contributed by atoms with Crippen LogP contribution < -0.4 is 5.32 Å². The molecule has 6 heteroatoms. The zero-order valence-corrected chi connectivity index (χ0v) is 13.4. The molecule has 1 fully saturated rings. The van der Waals surface area contributed by atoms with Crippen molar-refractivity contribution in [1.29, 1.82) is 0 Å². The van der Waals surface area contributed by atoms with Crippen LogP contribution in [-0.4, -0.2) is 46.6 Å². The van der Waals surface area contributed by atoms with Crippen molar-refractivity contribution in [3.63, 3.8) is 0 Å². The van der Waals surface area contributed by atoms with Gasteiger partial charge in [-0.1, -0.05) is 18.3 Å². The summed E-state index contributed by atoms with van der Waals surface area (Å²) in [5.74, 6) is 0.899. The molecule has 1 unspecified atom stereocenters. The van der Waals surface area contributed by atoms with E-state index in [0.29, 0.717) is 10.8 Å². The molecule has 112 valence electrons. The highest BCUT2D eigenvalue weighted by molar-refractivity contribution is 7.08. The first-order chi connectivity index (χ1) is 9.63. The maximum atomic E-state index is 12.7. The molecule has 0 radical (unpaired) electrons. The summed E-state index contributed by atoms with van der Waals surface area (Å²) < 4.78 is 3.96. The Balaban J connectivity index is 2.06. The van der Waals surface area contributed by atoms with Crippen molar-refractivity contribution in [3.8, 4) is 0 Å². The molecule has 1 N–H and O–H groups in total. The lowest BCUT2D eigenvalue weighted by Gasteiger charge is -2.29. The van der Waals surface area contributed by atoms with Gasteiger partial charge in [-0.2, -0.15) is 0 Å². The fourth-order valence-electron chi connectivity index (χ4n) is 2.61. The van der Waals surface area contributed by atoms with Crippen LogP contribution in [0, 0.1) is 5.92 Å². The third-order valence-electron chi connectivity index (χ3n) is 3.80. The van der Waals surface area contributed by atoms with Gasteiger partial charge in [0.1, 0.15) is 4.88 Å². The average molecular weight is 296 g/mol. The molecule has 20 heavy (non-hydrogen) atoms. The highest BCUT2D eigenvalue weighted by Gasteiger charge is 2.25. The van der Waals surface area contributed by atoms with E-state index >= 15 is 0 Å². The number of aromatic nitrogens is 2. The van der Waals surface area contributed by atoms with Gasteiger partial charge in [-0.05, 0) is 56.2 Å². The van der Waals surface area contributed by atoms with Crippen LogP contribution in [0.4, 0.5) is 0 Å². The number of hydrogen-bond acceptors (Lipinski definition) is 5. The number of amides is 1. The van der Waals surface area contributed by atoms with Crippen LogP contribution >= 0.6 is 11.5 Å². The fourth-order valence-corrected chi connectivity index (χ4v) is 3.40. The van der Waals surface area contributed by atoms with Crippen LogP contribution in [0.5, 0.6) is 0 Å². The zero-order valence-electron chi connectivity index (χ0n) is 12.6. The zero-order chi connectivity index (χ0) is 14.5. The lowest BCUT2D eigenvalue weighted by Crippen LogP contribution is -2.41. The van der Waals surface area contributed by atoms with E-state index in [0.717, 1.165) is 31.9 Å². The summed E-state index contributed by atoms with van der Waals surface area (Å²) in [7, 11) is 0. The van der Waals surface area contributed by atoms with Gasteiger partial charge in [0, 0.05) is 13.1 Å². The van der Waals surface area contributed by atoms with Crippen molar-refractivity contribution in [2.75, 3.05) is 26.2 Å². The third kappa shape index (κ3) is 3.55. The van der Waals surface area contributed by atoms with E-state index in [4.69, 9.17) is 0 Å². The molecule has 2 heterocycles. The molecule has 0 aromatic carbocycles. The first-order valence-electron chi connectivity index (χ1n) is 7.45. The molecular weight excluding hydrogens is 272 g/mol. The normalized spacial score (nSPS) is 19.3. The Morgan fingerprint density at radius 1 is 1.55 bits per heavy atom. The molecule has 1 saturated heterocycles. The highest BCUT2D eigenvalue weighted by Crippen LogP contribution is 2.22. The summed E-state index contributed by atoms with van der Waals surface area (Å²) >= 11 is 1.22. The molecule has 0 spiro atoms. The van der Waals surface area contributed by atoms with Crippen molar-refractivity contribution in [2.24, 2.45) is 5.92 Å². The number of nitrogens with zero attached hydrogens (tertiary/aromatic N) is 3. The van der Waals surface area contributed by atoms with E-state index in [1.807, 2.05) is 11.8 Å². The molecule has 0 aliphatic carbocycles. The number of hydrogen-bond donors (Lipinski definition) is 1. The van der Waals surface area contributed by atoms with Gasteiger partial charge in [-0.3, -0.25) is 4.79 Å². The van der Waals surface area contributed by atoms with Gasteiger partial charge in [0.2, 0.25) is 0 Å². The lowest BCUT2D eigenvalue weighted by molar-refractivity contribution is 0.0732. The summed E-state index contributed by atoms with van der Waals surface area (Å²) in [4.78, 5) is 15.3. The number of piperidine rings is 1. The topological polar surface area (TPSA) is 58.1 Å². The van der Waals surface area contributed by atoms with Crippen LogP contribution in [0.15, 0.2) is 0 Å². The summed E-state index contributed by atoms with van der Waals surface area (Å²) in [6, 6.07) is 0. The van der Waals surface area contributed by atoms with Crippen molar-refractivity contribution in [2.45, 2.75) is 39.5 Å². The third-order valence-corrected chi connectivity index (χ3v) is 4.53. The number of carbonyl (C=O) groups is 1. The number of nitrogens with one attached hydrogen (secondary N) is 1. The molecule has 1 aromatic rings. The minimum absolute atomic E-state index is 0.0942. The van der Waals surface area contributed by atoms with Gasteiger partial charge in [-0.15, -0.1) is 5.10 Å². The van der Waals surface area contributed by atoms with Gasteiger partial charge in [-0.25, -0.2) is 0 Å². The van der Waals surface area contributed by atoms with Crippen LogP contribution in [0.3, 0.4) is 0 Å². The first kappa shape index (κ1) is 15.4. The Bertz CT molecular complexity index is 440. The molecule has 1 atom stereocenters. The minimum Gasteiger partial charge on any atom is -0.338 e. The van der Waals surface area contributed by atoms with E-state index in [1.165, 1.54) is 24.4 Å². The molecule has 2 rings (SSSR count). The smallest absolute Gasteiger partial charge is 0.267 e. The van der Waals surface area contributed by atoms with Gasteiger partial charge >= 0.3 is 0 Å². The molecule has 5 nitrogen and oxygen atoms in total. The molecule has 1 aromatic heterocycles. The predicted octanol–water partition coefficient (Wildman–Crippen LogP) is 2.12. The largest absolute Gasteiger partial charge is 0.338 e. The fraction of sp³-hybridized carbons (Fsp3) is 0.786. The molecule has 0 saturated carbocycles. The van der Waals surface area contributed by atoms with E-state index in [-0.39, 0.29) is 11.8 Å². The van der Waals surface area contributed by atoms with Gasteiger partial charge in [0.05, 0.1) is 5.69 Å². The SMILES string of the molecule is CCN(CC1CCCNC1)C(=O)c1snnc1C(C)C. The van der Waals surface area contributed by atoms with Crippen LogP contribution in [0.2, 0.25) is 0 Å². The summed E-state index contributed by atoms with van der Waals surface area (Å²) in [6.07, 6.45) is 2.41. The van der Waals surface area contributed by atoms with E-state index in [1.54, 1.807) is 0 Å². The van der Waals surface area contributed by atoms with Crippen molar-refractivity contribution in [3.05, 3.63) is 10.6 Å². The summed E-state index contributed by atoms with van der Waals surface area (Å²) in [6.45, 7) is 9.83. The minimum atomic E-state index is 0.0942. The summed E-state index contributed by atoms with van der Waals surface area (Å²) in [5, 5.41) is 7.52. The second-order valence-corrected chi connectivity index (χ2v) is 6.45. The maximum absolute atomic E-state index is 12.7. The van der Waals surface area contributed by atoms with Crippen molar-refractivity contribution in [1.82, 2.24) is 19.8 Å². The highest BCUT2D eigenvalue weighted by atomic mass is 32.1. The lowest BCUT2D eigenvalue weighted by atomic mass is 9.99. The first-order valence-corrected chi connectivity index (χ1v) is 8.23. The Hall–Kier alpha value is -1.01. The Labute approximate surface area is 124 Å². The Kier molecular flexibility index (Phi) is 5.48. The Morgan fingerprint density at radius 3 is 2.95 bits per heavy atom. The monoisotopic (exact) mass is 296 g/mol. The standard InChI is InChI=1S/C14H24N4OS/c1-4-18(9-11-6-5-7-15-8-11)14(19)13-12(10(2)3)16-17-20-13/h10-11,15H,4-9H2,1-3H3. The van der Waals surface area contributed by atoms with Crippen LogP contribution in [-0.2, 0) is 0 Å². The molecule has 1 aliphatic rings. The van der Waals surface area contributed by atoms with Crippen molar-refractivity contribution >= 4 is 17.4 Å². The molecule has 0 bridgehead atoms. The Morgan fingerprint density at radius 2 is 2.35 bits per heavy atom. The average Bonchev–Trinajstić information content (AvgIpc) is 2.94. The predicted molar refractivity (Wildman–Crippen MR) is 81.2 cm³/mol. The number of rotatable bonds is 5. The van der Waals surface area contributed by atoms with Crippen LogP contribution in [0.1, 0.15) is 54.9 Å². The molecular formula is C14H24N4OS. The number of carbonyl (C=O) groups excluding carboxylic acids is 1. The quantitative estimate of drug-likeness (QED) is 0.904. The van der Waals surface area contributed by atoms with E-state index in [9.17, 15) is 4.79 Å². The van der Waals surface area contributed by atoms with E-state index < -0.39 is 0 Å². The van der Waals surface area contributed by atoms with Crippen molar-refractivity contribution < 1.29 is 4.79 Å². The molecule has 1 amide bonds. The summed E-state index contributed by atoms with van der Waals surface area (Å²) in [5.41, 5.74) is 0.834. The van der Waals surface area contributed by atoms with Gasteiger partial charge in [0.15, 0.2) is 0 Å². The van der Waals surface area contributed by atoms with Gasteiger partial charge < -0.3 is 10.2 Å². The second kappa shape index (κ2) is 7.13. The van der Waals surface area contributed by atoms with Gasteiger partial charge in [0.25, 0.3) is 5.91 Å². The molecule has 1 aliphatic heterocycles. The maximum Gasteiger partial charge on any atom is 0.267 e. The van der Waals surface area contributed by atoms with E-state index in [2.05, 4.69) is 28.8 Å². The second-order valence-electron chi connectivity index (χ2n) is 5.70. The van der Waals surface area contributed by atoms with Crippen LogP contribution in [0.25, 0.3) is 0 Å².